The number of rotatable bonds is 5. The lowest BCUT2D eigenvalue weighted by Crippen LogP contribution is -2.55. The molecule has 5 nitrogen and oxygen atoms in total. The Hall–Kier alpha value is -2.09. The van der Waals surface area contributed by atoms with Crippen molar-refractivity contribution < 1.29 is 22.8 Å². The van der Waals surface area contributed by atoms with E-state index in [0.29, 0.717) is 31.6 Å². The first kappa shape index (κ1) is 19.7. The maximum atomic E-state index is 14.3. The lowest BCUT2D eigenvalue weighted by atomic mass is 10.1. The minimum Gasteiger partial charge on any atom is -0.336 e. The second kappa shape index (κ2) is 8.29. The van der Waals surface area contributed by atoms with Gasteiger partial charge < -0.3 is 9.80 Å². The lowest BCUT2D eigenvalue weighted by Gasteiger charge is -2.41. The van der Waals surface area contributed by atoms with Gasteiger partial charge in [0.15, 0.2) is 0 Å². The van der Waals surface area contributed by atoms with Gasteiger partial charge in [0.1, 0.15) is 5.82 Å². The van der Waals surface area contributed by atoms with E-state index in [0.717, 1.165) is 6.42 Å². The van der Waals surface area contributed by atoms with Gasteiger partial charge in [0.25, 0.3) is 12.3 Å². The summed E-state index contributed by atoms with van der Waals surface area (Å²) in [5.41, 5.74) is 0.440. The number of halogens is 3. The molecule has 2 heterocycles. The van der Waals surface area contributed by atoms with Crippen LogP contribution in [0.4, 0.5) is 18.9 Å². The molecule has 2 fully saturated rings. The molecule has 0 aromatic heterocycles. The third-order valence-electron chi connectivity index (χ3n) is 5.30. The first-order valence-electron chi connectivity index (χ1n) is 9.32. The molecule has 3 rings (SSSR count). The van der Waals surface area contributed by atoms with Crippen molar-refractivity contribution in [2.24, 2.45) is 0 Å². The summed E-state index contributed by atoms with van der Waals surface area (Å²) in [5.74, 6) is -1.14. The van der Waals surface area contributed by atoms with Gasteiger partial charge in [-0.1, -0.05) is 6.92 Å². The van der Waals surface area contributed by atoms with Crippen LogP contribution in [0.15, 0.2) is 18.2 Å². The van der Waals surface area contributed by atoms with E-state index >= 15 is 0 Å². The van der Waals surface area contributed by atoms with Gasteiger partial charge in [-0.3, -0.25) is 14.5 Å². The molecule has 1 aromatic carbocycles. The molecule has 2 saturated heterocycles. The highest BCUT2D eigenvalue weighted by atomic mass is 19.3. The van der Waals surface area contributed by atoms with Crippen LogP contribution < -0.4 is 4.90 Å². The third-order valence-corrected chi connectivity index (χ3v) is 5.30. The molecule has 0 aliphatic carbocycles. The normalized spacial score (nSPS) is 21.4. The van der Waals surface area contributed by atoms with Crippen LogP contribution >= 0.6 is 0 Å². The second-order valence-electron chi connectivity index (χ2n) is 7.01. The summed E-state index contributed by atoms with van der Waals surface area (Å²) < 4.78 is 39.8. The Morgan fingerprint density at radius 2 is 2.04 bits per heavy atom. The molecule has 27 heavy (non-hydrogen) atoms. The van der Waals surface area contributed by atoms with E-state index in [2.05, 4.69) is 0 Å². The van der Waals surface area contributed by atoms with E-state index < -0.39 is 18.1 Å². The molecular weight excluding hydrogens is 359 g/mol. The SMILES string of the molecule is CCC1CN(C(=O)c2cc(N3CCCC3=O)ccc2F)CCN1CC(F)F. The van der Waals surface area contributed by atoms with Crippen molar-refractivity contribution in [3.8, 4) is 0 Å². The summed E-state index contributed by atoms with van der Waals surface area (Å²) in [5, 5.41) is 0. The van der Waals surface area contributed by atoms with Gasteiger partial charge >= 0.3 is 0 Å². The van der Waals surface area contributed by atoms with E-state index in [1.54, 1.807) is 9.80 Å². The molecule has 148 valence electrons. The monoisotopic (exact) mass is 383 g/mol. The Morgan fingerprint density at radius 1 is 1.26 bits per heavy atom. The van der Waals surface area contributed by atoms with Crippen LogP contribution in [-0.4, -0.2) is 66.8 Å². The maximum Gasteiger partial charge on any atom is 0.257 e. The quantitative estimate of drug-likeness (QED) is 0.785. The molecule has 1 unspecified atom stereocenters. The molecule has 2 aliphatic rings. The molecule has 2 amide bonds. The molecular formula is C19H24F3N3O2. The van der Waals surface area contributed by atoms with Crippen molar-refractivity contribution in [1.29, 1.82) is 0 Å². The highest BCUT2D eigenvalue weighted by molar-refractivity contribution is 5.99. The average Bonchev–Trinajstić information content (AvgIpc) is 3.07. The van der Waals surface area contributed by atoms with Crippen LogP contribution in [-0.2, 0) is 4.79 Å². The Labute approximate surface area is 156 Å². The number of benzene rings is 1. The van der Waals surface area contributed by atoms with E-state index in [-0.39, 0.29) is 37.1 Å². The predicted octanol–water partition coefficient (Wildman–Crippen LogP) is 2.75. The molecule has 0 bridgehead atoms. The van der Waals surface area contributed by atoms with Crippen LogP contribution in [0, 0.1) is 5.82 Å². The standard InChI is InChI=1S/C19H24F3N3O2/c1-2-13-11-24(9-8-23(13)12-17(21)22)19(27)15-10-14(5-6-16(15)20)25-7-3-4-18(25)26/h5-6,10,13,17H,2-4,7-9,11-12H2,1H3. The van der Waals surface area contributed by atoms with E-state index in [1.807, 2.05) is 6.92 Å². The third kappa shape index (κ3) is 4.26. The molecule has 8 heteroatoms. The first-order chi connectivity index (χ1) is 12.9. The summed E-state index contributed by atoms with van der Waals surface area (Å²) in [4.78, 5) is 29.6. The number of alkyl halides is 2. The van der Waals surface area contributed by atoms with Gasteiger partial charge in [-0.25, -0.2) is 13.2 Å². The number of hydrogen-bond acceptors (Lipinski definition) is 3. The minimum absolute atomic E-state index is 0.0355. The molecule has 1 atom stereocenters. The smallest absolute Gasteiger partial charge is 0.257 e. The fourth-order valence-electron chi connectivity index (χ4n) is 3.82. The number of nitrogens with zero attached hydrogens (tertiary/aromatic N) is 3. The van der Waals surface area contributed by atoms with Crippen LogP contribution in [0.25, 0.3) is 0 Å². The van der Waals surface area contributed by atoms with Crippen molar-refractivity contribution in [3.63, 3.8) is 0 Å². The molecule has 0 N–H and O–H groups in total. The zero-order valence-corrected chi connectivity index (χ0v) is 15.3. The lowest BCUT2D eigenvalue weighted by molar-refractivity contribution is -0.117. The van der Waals surface area contributed by atoms with Crippen molar-refractivity contribution in [1.82, 2.24) is 9.80 Å². The molecule has 0 saturated carbocycles. The van der Waals surface area contributed by atoms with Gasteiger partial charge in [0.2, 0.25) is 5.91 Å². The Bertz CT molecular complexity index is 713. The molecule has 0 radical (unpaired) electrons. The van der Waals surface area contributed by atoms with E-state index in [1.165, 1.54) is 23.1 Å². The molecule has 0 spiro atoms. The fourth-order valence-corrected chi connectivity index (χ4v) is 3.82. The number of piperazine rings is 1. The van der Waals surface area contributed by atoms with E-state index in [4.69, 9.17) is 0 Å². The number of amides is 2. The van der Waals surface area contributed by atoms with Gasteiger partial charge in [-0.15, -0.1) is 0 Å². The Kier molecular flexibility index (Phi) is 6.04. The minimum atomic E-state index is -2.42. The Balaban J connectivity index is 1.76. The highest BCUT2D eigenvalue weighted by Crippen LogP contribution is 2.25. The Morgan fingerprint density at radius 3 is 2.67 bits per heavy atom. The molecule has 1 aromatic rings. The van der Waals surface area contributed by atoms with Crippen LogP contribution in [0.3, 0.4) is 0 Å². The number of carbonyl (C=O) groups is 2. The van der Waals surface area contributed by atoms with Gasteiger partial charge in [0.05, 0.1) is 12.1 Å². The second-order valence-corrected chi connectivity index (χ2v) is 7.01. The van der Waals surface area contributed by atoms with Gasteiger partial charge in [-0.2, -0.15) is 0 Å². The summed E-state index contributed by atoms with van der Waals surface area (Å²) >= 11 is 0. The fraction of sp³-hybridized carbons (Fsp3) is 0.579. The molecule has 2 aliphatic heterocycles. The van der Waals surface area contributed by atoms with Crippen LogP contribution in [0.5, 0.6) is 0 Å². The number of hydrogen-bond donors (Lipinski definition) is 0. The van der Waals surface area contributed by atoms with Gasteiger partial charge in [0, 0.05) is 44.3 Å². The van der Waals surface area contributed by atoms with Crippen LogP contribution in [0.2, 0.25) is 0 Å². The first-order valence-corrected chi connectivity index (χ1v) is 9.32. The highest BCUT2D eigenvalue weighted by Gasteiger charge is 2.32. The largest absolute Gasteiger partial charge is 0.336 e. The van der Waals surface area contributed by atoms with Crippen molar-refractivity contribution in [2.45, 2.75) is 38.7 Å². The zero-order chi connectivity index (χ0) is 19.6. The maximum absolute atomic E-state index is 14.3. The van der Waals surface area contributed by atoms with Crippen molar-refractivity contribution in [2.75, 3.05) is 37.6 Å². The number of carbonyl (C=O) groups excluding carboxylic acids is 2. The van der Waals surface area contributed by atoms with Gasteiger partial charge in [-0.05, 0) is 31.0 Å². The van der Waals surface area contributed by atoms with E-state index in [9.17, 15) is 22.8 Å². The van der Waals surface area contributed by atoms with Crippen molar-refractivity contribution >= 4 is 17.5 Å². The average molecular weight is 383 g/mol. The topological polar surface area (TPSA) is 43.9 Å². The van der Waals surface area contributed by atoms with Crippen LogP contribution in [0.1, 0.15) is 36.5 Å². The summed E-state index contributed by atoms with van der Waals surface area (Å²) in [7, 11) is 0. The predicted molar refractivity (Wildman–Crippen MR) is 95.5 cm³/mol. The zero-order valence-electron chi connectivity index (χ0n) is 15.3. The summed E-state index contributed by atoms with van der Waals surface area (Å²) in [6.45, 7) is 3.02. The van der Waals surface area contributed by atoms with Crippen molar-refractivity contribution in [3.05, 3.63) is 29.6 Å². The summed E-state index contributed by atoms with van der Waals surface area (Å²) in [6.07, 6.45) is -0.607. The summed E-state index contributed by atoms with van der Waals surface area (Å²) in [6, 6.07) is 3.96. The number of anilines is 1.